The van der Waals surface area contributed by atoms with Gasteiger partial charge in [-0.1, -0.05) is 0 Å². The number of nitrogens with zero attached hydrogens (tertiary/aromatic N) is 2. The van der Waals surface area contributed by atoms with E-state index < -0.39 is 0 Å². The highest BCUT2D eigenvalue weighted by Crippen LogP contribution is 2.31. The zero-order valence-electron chi connectivity index (χ0n) is 9.85. The molecule has 1 aromatic carbocycles. The summed E-state index contributed by atoms with van der Waals surface area (Å²) in [6, 6.07) is 5.61. The fraction of sp³-hybridized carbons (Fsp3) is 0.273. The Morgan fingerprint density at radius 1 is 1.18 bits per heavy atom. The Kier molecular flexibility index (Phi) is 3.43. The van der Waals surface area contributed by atoms with Crippen molar-refractivity contribution in [3.63, 3.8) is 0 Å². The molecule has 5 nitrogen and oxygen atoms in total. The van der Waals surface area contributed by atoms with E-state index in [0.29, 0.717) is 17.3 Å². The number of methoxy groups -OCH3 is 2. The second kappa shape index (κ2) is 5.01. The third-order valence-corrected chi connectivity index (χ3v) is 3.01. The van der Waals surface area contributed by atoms with Gasteiger partial charge in [-0.3, -0.25) is 0 Å². The van der Waals surface area contributed by atoms with E-state index in [-0.39, 0.29) is 0 Å². The van der Waals surface area contributed by atoms with E-state index in [4.69, 9.17) is 9.47 Å². The fourth-order valence-electron chi connectivity index (χ4n) is 1.42. The Bertz CT molecular complexity index is 513. The van der Waals surface area contributed by atoms with E-state index >= 15 is 0 Å². The first-order chi connectivity index (χ1) is 8.28. The van der Waals surface area contributed by atoms with Gasteiger partial charge in [0.05, 0.1) is 14.2 Å². The van der Waals surface area contributed by atoms with Gasteiger partial charge in [0.2, 0.25) is 5.13 Å². The topological polar surface area (TPSA) is 56.3 Å². The summed E-state index contributed by atoms with van der Waals surface area (Å²) in [6.07, 6.45) is 0. The summed E-state index contributed by atoms with van der Waals surface area (Å²) < 4.78 is 14.7. The molecule has 0 unspecified atom stereocenters. The van der Waals surface area contributed by atoms with Gasteiger partial charge in [0.1, 0.15) is 0 Å². The quantitative estimate of drug-likeness (QED) is 0.903. The van der Waals surface area contributed by atoms with E-state index in [1.807, 2.05) is 25.2 Å². The third kappa shape index (κ3) is 2.31. The first kappa shape index (κ1) is 11.7. The number of benzene rings is 1. The molecule has 0 fully saturated rings. The molecule has 1 aromatic heterocycles. The van der Waals surface area contributed by atoms with Crippen LogP contribution in [0.5, 0.6) is 11.5 Å². The van der Waals surface area contributed by atoms with E-state index in [2.05, 4.69) is 14.7 Å². The van der Waals surface area contributed by atoms with Crippen molar-refractivity contribution < 1.29 is 9.47 Å². The number of aromatic nitrogens is 2. The van der Waals surface area contributed by atoms with Crippen molar-refractivity contribution in [2.45, 2.75) is 0 Å². The molecule has 0 aliphatic rings. The lowest BCUT2D eigenvalue weighted by Gasteiger charge is -2.07. The van der Waals surface area contributed by atoms with E-state index in [1.165, 1.54) is 11.5 Å². The number of nitrogens with one attached hydrogen (secondary N) is 1. The summed E-state index contributed by atoms with van der Waals surface area (Å²) in [5.74, 6) is 2.05. The molecule has 0 spiro atoms. The van der Waals surface area contributed by atoms with Crippen molar-refractivity contribution in [3.8, 4) is 22.9 Å². The number of rotatable bonds is 4. The normalized spacial score (nSPS) is 10.1. The zero-order chi connectivity index (χ0) is 12.3. The molecule has 17 heavy (non-hydrogen) atoms. The van der Waals surface area contributed by atoms with Gasteiger partial charge in [-0.05, 0) is 18.2 Å². The standard InChI is InChI=1S/C11H13N3O2S/c1-12-11-13-10(14-17-11)7-4-5-8(15-2)9(6-7)16-3/h4-6H,1-3H3,(H,12,13,14). The van der Waals surface area contributed by atoms with Crippen LogP contribution < -0.4 is 14.8 Å². The molecule has 2 aromatic rings. The van der Waals surface area contributed by atoms with Gasteiger partial charge in [-0.2, -0.15) is 9.36 Å². The Morgan fingerprint density at radius 2 is 1.94 bits per heavy atom. The van der Waals surface area contributed by atoms with E-state index in [0.717, 1.165) is 10.7 Å². The molecule has 0 aliphatic heterocycles. The maximum Gasteiger partial charge on any atom is 0.202 e. The highest BCUT2D eigenvalue weighted by molar-refractivity contribution is 7.09. The highest BCUT2D eigenvalue weighted by Gasteiger charge is 2.09. The largest absolute Gasteiger partial charge is 0.493 e. The Morgan fingerprint density at radius 3 is 2.53 bits per heavy atom. The monoisotopic (exact) mass is 251 g/mol. The summed E-state index contributed by atoms with van der Waals surface area (Å²) in [4.78, 5) is 4.33. The van der Waals surface area contributed by atoms with Gasteiger partial charge in [0.25, 0.3) is 0 Å². The Hall–Kier alpha value is -1.82. The molecule has 1 N–H and O–H groups in total. The van der Waals surface area contributed by atoms with Crippen LogP contribution in [0.25, 0.3) is 11.4 Å². The van der Waals surface area contributed by atoms with Crippen LogP contribution in [0.1, 0.15) is 0 Å². The van der Waals surface area contributed by atoms with Gasteiger partial charge in [-0.15, -0.1) is 0 Å². The highest BCUT2D eigenvalue weighted by atomic mass is 32.1. The van der Waals surface area contributed by atoms with Crippen molar-refractivity contribution in [2.75, 3.05) is 26.6 Å². The molecular weight excluding hydrogens is 238 g/mol. The second-order valence-corrected chi connectivity index (χ2v) is 3.99. The minimum absolute atomic E-state index is 0.672. The SMILES string of the molecule is CNc1nc(-c2ccc(OC)c(OC)c2)ns1. The lowest BCUT2D eigenvalue weighted by atomic mass is 10.2. The van der Waals surface area contributed by atoms with E-state index in [1.54, 1.807) is 14.2 Å². The van der Waals surface area contributed by atoms with Crippen LogP contribution in [0.15, 0.2) is 18.2 Å². The molecule has 0 aliphatic carbocycles. The average molecular weight is 251 g/mol. The summed E-state index contributed by atoms with van der Waals surface area (Å²) in [7, 11) is 5.03. The average Bonchev–Trinajstić information content (AvgIpc) is 2.86. The van der Waals surface area contributed by atoms with Crippen LogP contribution in [0.3, 0.4) is 0 Å². The first-order valence-corrected chi connectivity index (χ1v) is 5.79. The smallest absolute Gasteiger partial charge is 0.202 e. The third-order valence-electron chi connectivity index (χ3n) is 2.28. The molecule has 0 saturated carbocycles. The van der Waals surface area contributed by atoms with Gasteiger partial charge in [0.15, 0.2) is 17.3 Å². The molecule has 0 bridgehead atoms. The van der Waals surface area contributed by atoms with Gasteiger partial charge in [-0.25, -0.2) is 0 Å². The van der Waals surface area contributed by atoms with Crippen LogP contribution in [0, 0.1) is 0 Å². The Balaban J connectivity index is 2.38. The molecule has 0 atom stereocenters. The van der Waals surface area contributed by atoms with Gasteiger partial charge in [0, 0.05) is 24.1 Å². The van der Waals surface area contributed by atoms with Crippen molar-refractivity contribution >= 4 is 16.7 Å². The molecule has 6 heteroatoms. The van der Waals surface area contributed by atoms with Gasteiger partial charge < -0.3 is 14.8 Å². The summed E-state index contributed by atoms with van der Waals surface area (Å²) in [5.41, 5.74) is 0.903. The molecule has 1 heterocycles. The van der Waals surface area contributed by atoms with Crippen molar-refractivity contribution in [3.05, 3.63) is 18.2 Å². The predicted octanol–water partition coefficient (Wildman–Crippen LogP) is 2.26. The van der Waals surface area contributed by atoms with Crippen LogP contribution >= 0.6 is 11.5 Å². The minimum Gasteiger partial charge on any atom is -0.493 e. The summed E-state index contributed by atoms with van der Waals surface area (Å²) in [5, 5.41) is 3.74. The summed E-state index contributed by atoms with van der Waals surface area (Å²) >= 11 is 1.32. The Labute approximate surface area is 104 Å². The number of hydrogen-bond donors (Lipinski definition) is 1. The zero-order valence-corrected chi connectivity index (χ0v) is 10.7. The van der Waals surface area contributed by atoms with Crippen LogP contribution in [-0.4, -0.2) is 30.6 Å². The van der Waals surface area contributed by atoms with Crippen molar-refractivity contribution in [2.24, 2.45) is 0 Å². The van der Waals surface area contributed by atoms with Gasteiger partial charge >= 0.3 is 0 Å². The molecule has 0 radical (unpaired) electrons. The number of anilines is 1. The maximum absolute atomic E-state index is 5.24. The predicted molar refractivity (Wildman–Crippen MR) is 68.0 cm³/mol. The lowest BCUT2D eigenvalue weighted by Crippen LogP contribution is -1.91. The first-order valence-electron chi connectivity index (χ1n) is 5.02. The summed E-state index contributed by atoms with van der Waals surface area (Å²) in [6.45, 7) is 0. The fourth-order valence-corrected chi connectivity index (χ4v) is 1.96. The van der Waals surface area contributed by atoms with Crippen molar-refractivity contribution in [1.29, 1.82) is 0 Å². The van der Waals surface area contributed by atoms with Crippen LogP contribution in [0.4, 0.5) is 5.13 Å². The minimum atomic E-state index is 0.672. The molecule has 90 valence electrons. The van der Waals surface area contributed by atoms with Crippen LogP contribution in [0.2, 0.25) is 0 Å². The molecule has 0 saturated heterocycles. The lowest BCUT2D eigenvalue weighted by molar-refractivity contribution is 0.355. The molecule has 0 amide bonds. The second-order valence-electron chi connectivity index (χ2n) is 3.24. The molecule has 2 rings (SSSR count). The maximum atomic E-state index is 5.24. The van der Waals surface area contributed by atoms with Crippen molar-refractivity contribution in [1.82, 2.24) is 9.36 Å². The number of hydrogen-bond acceptors (Lipinski definition) is 6. The number of ether oxygens (including phenoxy) is 2. The van der Waals surface area contributed by atoms with E-state index in [9.17, 15) is 0 Å². The molecular formula is C11H13N3O2S. The van der Waals surface area contributed by atoms with Crippen LogP contribution in [-0.2, 0) is 0 Å².